The molecule has 0 saturated carbocycles. The van der Waals surface area contributed by atoms with Crippen LogP contribution in [-0.2, 0) is 9.59 Å². The van der Waals surface area contributed by atoms with Crippen LogP contribution < -0.4 is 15.3 Å². The van der Waals surface area contributed by atoms with Crippen molar-refractivity contribution in [1.82, 2.24) is 14.8 Å². The van der Waals surface area contributed by atoms with Crippen molar-refractivity contribution >= 4 is 23.6 Å². The van der Waals surface area contributed by atoms with Crippen LogP contribution in [0.2, 0.25) is 0 Å². The molecule has 2 aliphatic rings. The van der Waals surface area contributed by atoms with E-state index in [0.717, 1.165) is 11.4 Å². The van der Waals surface area contributed by atoms with Crippen molar-refractivity contribution in [1.29, 1.82) is 0 Å². The Bertz CT molecular complexity index is 1110. The molecule has 2 heterocycles. The van der Waals surface area contributed by atoms with E-state index < -0.39 is 29.7 Å². The highest BCUT2D eigenvalue weighted by molar-refractivity contribution is 6.24. The lowest BCUT2D eigenvalue weighted by molar-refractivity contribution is -0.151. The van der Waals surface area contributed by atoms with E-state index in [4.69, 9.17) is 15.3 Å². The lowest BCUT2D eigenvalue weighted by atomic mass is 10.0. The Morgan fingerprint density at radius 3 is 2.39 bits per heavy atom. The Morgan fingerprint density at radius 2 is 1.70 bits per heavy atom. The van der Waals surface area contributed by atoms with E-state index in [0.29, 0.717) is 23.1 Å². The standard InChI is InChI=1S/C23H24N4O6/c1-25(2)12-13-32-14-6-8-15(9-7-14)33-18-5-3-4-16-20(18)23(31)26(21(16)29)17-10-11-19(28)27(24)22(17)30/h3-9,17H,10-13,24H2,1-2H3. The first-order valence-corrected chi connectivity index (χ1v) is 10.5. The number of hydrogen-bond donors (Lipinski definition) is 1. The molecule has 0 aromatic heterocycles. The van der Waals surface area contributed by atoms with Gasteiger partial charge < -0.3 is 14.4 Å². The van der Waals surface area contributed by atoms with Crippen LogP contribution in [0.4, 0.5) is 0 Å². The summed E-state index contributed by atoms with van der Waals surface area (Å²) in [4.78, 5) is 53.2. The van der Waals surface area contributed by atoms with E-state index in [1.54, 1.807) is 36.4 Å². The summed E-state index contributed by atoms with van der Waals surface area (Å²) in [6.07, 6.45) is -0.00502. The maximum absolute atomic E-state index is 13.2. The third-order valence-corrected chi connectivity index (χ3v) is 5.50. The SMILES string of the molecule is CN(C)CCOc1ccc(Oc2cccc3c2C(=O)N(C2CCC(=O)N(N)C2=O)C3=O)cc1. The van der Waals surface area contributed by atoms with Gasteiger partial charge in [-0.05, 0) is 56.9 Å². The molecule has 33 heavy (non-hydrogen) atoms. The number of ether oxygens (including phenoxy) is 2. The average molecular weight is 452 g/mol. The van der Waals surface area contributed by atoms with Gasteiger partial charge in [-0.25, -0.2) is 10.9 Å². The molecule has 4 rings (SSSR count). The van der Waals surface area contributed by atoms with Crippen molar-refractivity contribution in [3.63, 3.8) is 0 Å². The van der Waals surface area contributed by atoms with E-state index >= 15 is 0 Å². The number of hydrogen-bond acceptors (Lipinski definition) is 8. The zero-order valence-electron chi connectivity index (χ0n) is 18.3. The largest absolute Gasteiger partial charge is 0.492 e. The van der Waals surface area contributed by atoms with Crippen LogP contribution in [0.15, 0.2) is 42.5 Å². The Labute approximate surface area is 190 Å². The van der Waals surface area contributed by atoms with Crippen LogP contribution in [0, 0.1) is 0 Å². The minimum Gasteiger partial charge on any atom is -0.492 e. The number of rotatable bonds is 7. The van der Waals surface area contributed by atoms with Crippen LogP contribution in [0.3, 0.4) is 0 Å². The number of hydrazine groups is 1. The molecule has 0 radical (unpaired) electrons. The Morgan fingerprint density at radius 1 is 1.00 bits per heavy atom. The molecule has 1 atom stereocenters. The summed E-state index contributed by atoms with van der Waals surface area (Å²) in [5.41, 5.74) is 0.205. The second kappa shape index (κ2) is 9.00. The summed E-state index contributed by atoms with van der Waals surface area (Å²) in [5.74, 6) is 4.23. The normalized spacial score (nSPS) is 18.2. The number of benzene rings is 2. The summed E-state index contributed by atoms with van der Waals surface area (Å²) in [6, 6.07) is 10.5. The number of imide groups is 2. The van der Waals surface area contributed by atoms with Gasteiger partial charge in [0.25, 0.3) is 17.7 Å². The second-order valence-electron chi connectivity index (χ2n) is 8.04. The Balaban J connectivity index is 1.53. The summed E-state index contributed by atoms with van der Waals surface area (Å²) >= 11 is 0. The quantitative estimate of drug-likeness (QED) is 0.380. The predicted octanol–water partition coefficient (Wildman–Crippen LogP) is 1.41. The molecule has 4 amide bonds. The third kappa shape index (κ3) is 4.30. The molecule has 0 bridgehead atoms. The molecule has 2 aliphatic heterocycles. The van der Waals surface area contributed by atoms with E-state index in [2.05, 4.69) is 0 Å². The highest BCUT2D eigenvalue weighted by Crippen LogP contribution is 2.36. The topological polar surface area (TPSA) is 122 Å². The van der Waals surface area contributed by atoms with Gasteiger partial charge in [0.05, 0.1) is 11.1 Å². The van der Waals surface area contributed by atoms with Crippen molar-refractivity contribution in [3.05, 3.63) is 53.6 Å². The minimum absolute atomic E-state index is 0.0301. The second-order valence-corrected chi connectivity index (χ2v) is 8.04. The fourth-order valence-electron chi connectivity index (χ4n) is 3.74. The molecule has 1 fully saturated rings. The number of amides is 4. The first kappa shape index (κ1) is 22.4. The Hall–Kier alpha value is -3.76. The number of piperidine rings is 1. The molecular formula is C23H24N4O6. The van der Waals surface area contributed by atoms with Crippen molar-refractivity contribution in [3.8, 4) is 17.2 Å². The highest BCUT2D eigenvalue weighted by atomic mass is 16.5. The number of carbonyl (C=O) groups excluding carboxylic acids is 4. The summed E-state index contributed by atoms with van der Waals surface area (Å²) in [7, 11) is 3.92. The van der Waals surface area contributed by atoms with E-state index in [1.807, 2.05) is 19.0 Å². The van der Waals surface area contributed by atoms with Crippen molar-refractivity contribution < 1.29 is 28.7 Å². The van der Waals surface area contributed by atoms with Crippen molar-refractivity contribution in [2.45, 2.75) is 18.9 Å². The van der Waals surface area contributed by atoms with Gasteiger partial charge in [0.1, 0.15) is 29.9 Å². The first-order valence-electron chi connectivity index (χ1n) is 10.5. The van der Waals surface area contributed by atoms with Crippen molar-refractivity contribution in [2.75, 3.05) is 27.2 Å². The van der Waals surface area contributed by atoms with Crippen LogP contribution in [-0.4, -0.2) is 71.7 Å². The number of nitrogens with two attached hydrogens (primary N) is 1. The summed E-state index contributed by atoms with van der Waals surface area (Å²) in [5, 5.41) is 0.470. The summed E-state index contributed by atoms with van der Waals surface area (Å²) in [6.45, 7) is 1.32. The molecule has 2 aromatic rings. The molecule has 172 valence electrons. The predicted molar refractivity (Wildman–Crippen MR) is 117 cm³/mol. The zero-order valence-corrected chi connectivity index (χ0v) is 18.3. The van der Waals surface area contributed by atoms with Crippen molar-refractivity contribution in [2.24, 2.45) is 5.84 Å². The molecule has 2 N–H and O–H groups in total. The highest BCUT2D eigenvalue weighted by Gasteiger charge is 2.47. The van der Waals surface area contributed by atoms with Gasteiger partial charge in [-0.15, -0.1) is 0 Å². The monoisotopic (exact) mass is 452 g/mol. The van der Waals surface area contributed by atoms with Crippen LogP contribution in [0.5, 0.6) is 17.2 Å². The lowest BCUT2D eigenvalue weighted by Crippen LogP contribution is -2.58. The van der Waals surface area contributed by atoms with E-state index in [1.165, 1.54) is 6.07 Å². The average Bonchev–Trinajstić information content (AvgIpc) is 3.04. The lowest BCUT2D eigenvalue weighted by Gasteiger charge is -2.31. The van der Waals surface area contributed by atoms with E-state index in [-0.39, 0.29) is 29.7 Å². The maximum Gasteiger partial charge on any atom is 0.266 e. The maximum atomic E-state index is 13.2. The van der Waals surface area contributed by atoms with Gasteiger partial charge in [0.2, 0.25) is 5.91 Å². The third-order valence-electron chi connectivity index (χ3n) is 5.50. The number of likely N-dealkylation sites (N-methyl/N-ethyl adjacent to an activating group) is 1. The van der Waals surface area contributed by atoms with Gasteiger partial charge in [-0.1, -0.05) is 6.07 Å². The fraction of sp³-hybridized carbons (Fsp3) is 0.304. The van der Waals surface area contributed by atoms with Crippen LogP contribution in [0.1, 0.15) is 33.6 Å². The zero-order chi connectivity index (χ0) is 23.7. The van der Waals surface area contributed by atoms with Gasteiger partial charge in [-0.2, -0.15) is 0 Å². The van der Waals surface area contributed by atoms with Crippen LogP contribution >= 0.6 is 0 Å². The molecule has 0 spiro atoms. The minimum atomic E-state index is -1.13. The molecule has 1 unspecified atom stereocenters. The molecule has 1 saturated heterocycles. The van der Waals surface area contributed by atoms with Crippen LogP contribution in [0.25, 0.3) is 0 Å². The first-order chi connectivity index (χ1) is 15.8. The Kier molecular flexibility index (Phi) is 6.12. The molecule has 2 aromatic carbocycles. The smallest absolute Gasteiger partial charge is 0.266 e. The van der Waals surface area contributed by atoms with Gasteiger partial charge >= 0.3 is 0 Å². The molecular weight excluding hydrogens is 428 g/mol. The number of fused-ring (bicyclic) bond motifs is 1. The molecule has 0 aliphatic carbocycles. The molecule has 10 heteroatoms. The molecule has 10 nitrogen and oxygen atoms in total. The van der Waals surface area contributed by atoms with Gasteiger partial charge in [0.15, 0.2) is 0 Å². The summed E-state index contributed by atoms with van der Waals surface area (Å²) < 4.78 is 11.6. The fourth-order valence-corrected chi connectivity index (χ4v) is 3.74. The van der Waals surface area contributed by atoms with Gasteiger partial charge in [-0.3, -0.25) is 24.1 Å². The number of nitrogens with zero attached hydrogens (tertiary/aromatic N) is 3. The van der Waals surface area contributed by atoms with E-state index in [9.17, 15) is 19.2 Å². The van der Waals surface area contributed by atoms with Gasteiger partial charge in [0, 0.05) is 13.0 Å². The number of carbonyl (C=O) groups is 4.